The van der Waals surface area contributed by atoms with Crippen LogP contribution in [0.15, 0.2) is 126 Å². The number of carboxylic acids is 1. The van der Waals surface area contributed by atoms with E-state index in [-0.39, 0.29) is 35.9 Å². The monoisotopic (exact) mass is 775 g/mol. The van der Waals surface area contributed by atoms with Gasteiger partial charge in [0, 0.05) is 0 Å². The summed E-state index contributed by atoms with van der Waals surface area (Å²) in [5.74, 6) is -0.802. The molecule has 0 radical (unpaired) electrons. The van der Waals surface area contributed by atoms with Gasteiger partial charge in [0.1, 0.15) is 0 Å². The average Bonchev–Trinajstić information content (AvgIpc) is 3.69. The fourth-order valence-corrected chi connectivity index (χ4v) is 12.2. The third-order valence-electron chi connectivity index (χ3n) is 8.95. The predicted molar refractivity (Wildman–Crippen MR) is 201 cm³/mol. The van der Waals surface area contributed by atoms with E-state index in [4.69, 9.17) is 4.74 Å². The Hall–Kier alpha value is -4.97. The number of aromatic nitrogens is 1. The molecule has 0 saturated heterocycles. The maximum atomic E-state index is 11.7. The molecule has 7 aromatic rings. The molecule has 8 rings (SSSR count). The molecule has 1 aromatic heterocycles. The van der Waals surface area contributed by atoms with E-state index in [0.717, 1.165) is 15.5 Å². The number of rotatable bonds is 10. The van der Waals surface area contributed by atoms with Gasteiger partial charge in [-0.05, 0) is 0 Å². The van der Waals surface area contributed by atoms with E-state index in [1.54, 1.807) is 0 Å². The zero-order valence-corrected chi connectivity index (χ0v) is 29.8. The van der Waals surface area contributed by atoms with E-state index in [2.05, 4.69) is 137 Å². The number of fused-ring (bicyclic) bond motifs is 12. The van der Waals surface area contributed by atoms with Crippen LogP contribution in [0.5, 0.6) is 0 Å². The quantitative estimate of drug-likeness (QED) is 0.0419. The summed E-state index contributed by atoms with van der Waals surface area (Å²) in [6.45, 7) is 1.81. The van der Waals surface area contributed by atoms with Crippen LogP contribution >= 0.6 is 0 Å². The second kappa shape index (κ2) is 13.5. The molecule has 2 heterocycles. The van der Waals surface area contributed by atoms with Gasteiger partial charge < -0.3 is 0 Å². The molecule has 49 heavy (non-hydrogen) atoms. The minimum absolute atomic E-state index is 0.00791. The second-order valence-electron chi connectivity index (χ2n) is 11.7. The molecule has 0 aliphatic carbocycles. The third kappa shape index (κ3) is 5.67. The Morgan fingerprint density at radius 2 is 1.35 bits per heavy atom. The van der Waals surface area contributed by atoms with Crippen LogP contribution in [0.25, 0.3) is 58.9 Å². The van der Waals surface area contributed by atoms with E-state index in [1.807, 2.05) is 0 Å². The van der Waals surface area contributed by atoms with Crippen LogP contribution in [0.4, 0.5) is 5.69 Å². The summed E-state index contributed by atoms with van der Waals surface area (Å²) in [5.41, 5.74) is 2.34. The molecule has 0 spiro atoms. The van der Waals surface area contributed by atoms with Crippen molar-refractivity contribution in [2.45, 2.75) is 13.0 Å². The fourth-order valence-electron chi connectivity index (χ4n) is 6.89. The van der Waals surface area contributed by atoms with Crippen molar-refractivity contribution >= 4 is 111 Å². The summed E-state index contributed by atoms with van der Waals surface area (Å²) in [7, 11) is 0. The third-order valence-corrected chi connectivity index (χ3v) is 13.9. The number of ether oxygens (including phenoxy) is 1. The number of aryl methyl sites for hydroxylation is 1. The number of carboxylic acid groups (broad SMARTS) is 1. The van der Waals surface area contributed by atoms with Crippen molar-refractivity contribution in [3.63, 3.8) is 0 Å². The van der Waals surface area contributed by atoms with Crippen molar-refractivity contribution in [2.24, 2.45) is 0 Å². The maximum absolute atomic E-state index is 11.7. The number of aliphatic carboxylic acids is 1. The molecule has 0 bridgehead atoms. The molecule has 1 aliphatic heterocycles. The Bertz CT molecular complexity index is 2530. The Morgan fingerprint density at radius 1 is 0.755 bits per heavy atom. The zero-order chi connectivity index (χ0) is 33.3. The Balaban J connectivity index is 1.18. The SMILES string of the molecule is O=COCCN1\C(=C/C=C/C=C/c2[se]c3c4ccccc4c4ccccc4c3[n+]2CCC(=O)O)[Se]c2c1c1ccccc1c1ccccc21. The first-order valence-corrected chi connectivity index (χ1v) is 19.5. The van der Waals surface area contributed by atoms with Crippen LogP contribution in [0, 0.1) is 0 Å². The van der Waals surface area contributed by atoms with Crippen LogP contribution in [0.1, 0.15) is 11.0 Å². The van der Waals surface area contributed by atoms with Crippen molar-refractivity contribution < 1.29 is 24.0 Å². The number of hydrogen-bond acceptors (Lipinski definition) is 4. The van der Waals surface area contributed by atoms with Gasteiger partial charge in [-0.3, -0.25) is 0 Å². The minimum atomic E-state index is -0.802. The Kier molecular flexibility index (Phi) is 8.63. The molecule has 0 atom stereocenters. The molecular weight excluding hydrogens is 742 g/mol. The van der Waals surface area contributed by atoms with Gasteiger partial charge in [-0.15, -0.1) is 0 Å². The summed E-state index contributed by atoms with van der Waals surface area (Å²) in [6.07, 6.45) is 10.6. The standard InChI is InChI=1S/C41H30N2O4Se2/c44-26-47-25-24-43-36(49-41-34-19-11-7-15-30(34)28-13-5-9-17-32(28)39(41)43)21-3-1-2-20-35-42(23-22-37(45)46)38-31-16-8-4-12-27(31)29-14-6-10-18-33(29)40(38)48-35/h1-21,26H,22-25H2/p+1. The van der Waals surface area contributed by atoms with Crippen LogP contribution in [-0.2, 0) is 20.9 Å². The number of carbonyl (C=O) groups excluding carboxylic acids is 1. The molecule has 1 aliphatic rings. The zero-order valence-electron chi connectivity index (χ0n) is 26.4. The van der Waals surface area contributed by atoms with Crippen LogP contribution in [0.2, 0.25) is 0 Å². The van der Waals surface area contributed by atoms with Gasteiger partial charge >= 0.3 is 297 Å². The van der Waals surface area contributed by atoms with Crippen molar-refractivity contribution in [1.29, 1.82) is 0 Å². The number of benzene rings is 6. The van der Waals surface area contributed by atoms with E-state index < -0.39 is 5.97 Å². The van der Waals surface area contributed by atoms with Crippen molar-refractivity contribution in [3.05, 3.63) is 131 Å². The fraction of sp³-hybridized carbons (Fsp3) is 0.0976. The van der Waals surface area contributed by atoms with E-state index in [0.29, 0.717) is 26.2 Å². The summed E-state index contributed by atoms with van der Waals surface area (Å²) < 4.78 is 12.4. The van der Waals surface area contributed by atoms with E-state index in [9.17, 15) is 14.7 Å². The first-order valence-electron chi connectivity index (χ1n) is 16.1. The first-order chi connectivity index (χ1) is 24.1. The van der Waals surface area contributed by atoms with Gasteiger partial charge in [0.05, 0.1) is 0 Å². The van der Waals surface area contributed by atoms with Gasteiger partial charge in [-0.1, -0.05) is 0 Å². The summed E-state index contributed by atoms with van der Waals surface area (Å²) in [6, 6.07) is 34.1. The molecule has 0 fully saturated rings. The van der Waals surface area contributed by atoms with E-state index in [1.165, 1.54) is 56.7 Å². The number of allylic oxidation sites excluding steroid dienone is 4. The number of nitrogens with zero attached hydrogens (tertiary/aromatic N) is 2. The van der Waals surface area contributed by atoms with Crippen LogP contribution < -0.4 is 13.9 Å². The first kappa shape index (κ1) is 31.3. The summed E-state index contributed by atoms with van der Waals surface area (Å²) >= 11 is 0.0584. The number of hydrogen-bond donors (Lipinski definition) is 1. The molecule has 6 nitrogen and oxygen atoms in total. The van der Waals surface area contributed by atoms with Gasteiger partial charge in [-0.2, -0.15) is 0 Å². The summed E-state index contributed by atoms with van der Waals surface area (Å²) in [4.78, 5) is 25.1. The van der Waals surface area contributed by atoms with Crippen molar-refractivity contribution in [3.8, 4) is 0 Å². The molecule has 240 valence electrons. The molecule has 1 N–H and O–H groups in total. The molecule has 6 aromatic carbocycles. The molecular formula is C41H31N2O4Se2+. The molecule has 8 heteroatoms. The Morgan fingerprint density at radius 3 is 2.04 bits per heavy atom. The molecule has 0 unspecified atom stereocenters. The van der Waals surface area contributed by atoms with Gasteiger partial charge in [-0.25, -0.2) is 0 Å². The molecule has 0 amide bonds. The van der Waals surface area contributed by atoms with Crippen LogP contribution in [0.3, 0.4) is 0 Å². The number of carbonyl (C=O) groups is 2. The average molecular weight is 774 g/mol. The van der Waals surface area contributed by atoms with Crippen LogP contribution in [-0.4, -0.2) is 60.2 Å². The predicted octanol–water partition coefficient (Wildman–Crippen LogP) is 6.71. The van der Waals surface area contributed by atoms with Gasteiger partial charge in [0.25, 0.3) is 0 Å². The van der Waals surface area contributed by atoms with E-state index >= 15 is 0 Å². The Labute approximate surface area is 295 Å². The number of anilines is 1. The second-order valence-corrected chi connectivity index (χ2v) is 16.1. The topological polar surface area (TPSA) is 70.7 Å². The van der Waals surface area contributed by atoms with Crippen molar-refractivity contribution in [2.75, 3.05) is 18.1 Å². The molecule has 0 saturated carbocycles. The summed E-state index contributed by atoms with van der Waals surface area (Å²) in [5, 5.41) is 19.4. The van der Waals surface area contributed by atoms with Gasteiger partial charge in [0.15, 0.2) is 0 Å². The van der Waals surface area contributed by atoms with Crippen molar-refractivity contribution in [1.82, 2.24) is 0 Å². The van der Waals surface area contributed by atoms with Gasteiger partial charge in [0.2, 0.25) is 0 Å². The normalized spacial score (nSPS) is 14.0.